The van der Waals surface area contributed by atoms with Crippen LogP contribution in [0.4, 0.5) is 0 Å². The molecule has 0 saturated heterocycles. The Bertz CT molecular complexity index is 2880. The summed E-state index contributed by atoms with van der Waals surface area (Å²) in [5.74, 6) is 0. The first kappa shape index (κ1) is 62.4. The monoisotopic (exact) mass is 1240 g/mol. The first-order valence-corrected chi connectivity index (χ1v) is 26.1. The van der Waals surface area contributed by atoms with E-state index in [2.05, 4.69) is 88.4 Å². The zero-order valence-electron chi connectivity index (χ0n) is 41.8. The van der Waals surface area contributed by atoms with Crippen molar-refractivity contribution in [2.45, 2.75) is 8.59 Å². The van der Waals surface area contributed by atoms with Gasteiger partial charge >= 0.3 is 39.0 Å². The number of hydrogen-bond acceptors (Lipinski definition) is 4. The standard InChI is InChI=1S/4C15H11N2.2CHCl3.2Zn/c4*1-2-6-12(7-3-1)15(13-8-4-10-16-13)14-9-5-11-17-14;2*2-1(3)4;;/h4*1-11H;2*1H;;/q4*-1;;;2*+2/b4*15-13-;;;;. The molecule has 0 aliphatic carbocycles. The van der Waals surface area contributed by atoms with Crippen LogP contribution in [0.2, 0.25) is 0 Å². The molecule has 380 valence electrons. The van der Waals surface area contributed by atoms with E-state index in [0.717, 1.165) is 90.1 Å². The van der Waals surface area contributed by atoms with Crippen LogP contribution in [0.25, 0.3) is 22.3 Å². The summed E-state index contributed by atoms with van der Waals surface area (Å²) in [6, 6.07) is 56.8. The molecule has 0 spiro atoms. The predicted octanol–water partition coefficient (Wildman–Crippen LogP) is 16.1. The van der Waals surface area contributed by atoms with Gasteiger partial charge in [0.1, 0.15) is 0 Å². The molecule has 8 nitrogen and oxygen atoms in total. The van der Waals surface area contributed by atoms with Gasteiger partial charge in [0, 0.05) is 24.9 Å². The van der Waals surface area contributed by atoms with E-state index >= 15 is 0 Å². The van der Waals surface area contributed by atoms with E-state index in [-0.39, 0.29) is 39.0 Å². The Hall–Kier alpha value is -6.41. The molecule has 0 radical (unpaired) electrons. The molecule has 16 heteroatoms. The Labute approximate surface area is 510 Å². The van der Waals surface area contributed by atoms with Crippen LogP contribution in [0, 0.1) is 0 Å². The van der Waals surface area contributed by atoms with Crippen molar-refractivity contribution in [1.29, 1.82) is 0 Å². The average molecular weight is 1250 g/mol. The Morgan fingerprint density at radius 1 is 0.282 bits per heavy atom. The number of aliphatic imine (C=N–C) groups is 4. The maximum Gasteiger partial charge on any atom is 2.00 e. The second-order valence-corrected chi connectivity index (χ2v) is 19.6. The zero-order valence-corrected chi connectivity index (χ0v) is 52.3. The molecule has 8 heterocycles. The molecule has 78 heavy (non-hydrogen) atoms. The van der Waals surface area contributed by atoms with Crippen molar-refractivity contribution >= 4 is 117 Å². The molecule has 4 aliphatic heterocycles. The summed E-state index contributed by atoms with van der Waals surface area (Å²) in [5, 5.41) is 0. The molecule has 0 N–H and O–H groups in total. The van der Waals surface area contributed by atoms with Crippen LogP contribution in [-0.2, 0) is 39.0 Å². The summed E-state index contributed by atoms with van der Waals surface area (Å²) in [6.45, 7) is 0. The molecule has 0 fully saturated rings. The van der Waals surface area contributed by atoms with E-state index in [1.165, 1.54) is 0 Å². The third-order valence-electron chi connectivity index (χ3n) is 10.7. The van der Waals surface area contributed by atoms with Gasteiger partial charge in [-0.3, -0.25) is 20.0 Å². The Morgan fingerprint density at radius 2 is 0.474 bits per heavy atom. The van der Waals surface area contributed by atoms with Gasteiger partial charge in [-0.15, -0.1) is 22.8 Å². The maximum atomic E-state index is 4.81. The van der Waals surface area contributed by atoms with Crippen LogP contribution in [-0.4, -0.2) is 33.4 Å². The fourth-order valence-corrected chi connectivity index (χ4v) is 7.71. The fraction of sp³-hybridized carbons (Fsp3) is 0.0323. The minimum Gasteiger partial charge on any atom is -0.664 e. The molecule has 0 bridgehead atoms. The fourth-order valence-electron chi connectivity index (χ4n) is 7.71. The van der Waals surface area contributed by atoms with Gasteiger partial charge in [0.05, 0.1) is 22.8 Å². The molecular weight excluding hydrogens is 1200 g/mol. The maximum absolute atomic E-state index is 4.81. The number of halogens is 6. The normalized spacial score (nSPS) is 15.3. The van der Waals surface area contributed by atoms with E-state index in [1.54, 1.807) is 49.6 Å². The minimum atomic E-state index is -0.750. The van der Waals surface area contributed by atoms with Gasteiger partial charge in [-0.2, -0.15) is 24.8 Å². The zero-order chi connectivity index (χ0) is 53.2. The Kier molecular flexibility index (Phi) is 27.6. The van der Waals surface area contributed by atoms with Crippen molar-refractivity contribution in [2.24, 2.45) is 20.0 Å². The van der Waals surface area contributed by atoms with E-state index in [1.807, 2.05) is 170 Å². The van der Waals surface area contributed by atoms with Crippen molar-refractivity contribution in [3.63, 3.8) is 0 Å². The van der Waals surface area contributed by atoms with Gasteiger partial charge in [0.25, 0.3) is 0 Å². The van der Waals surface area contributed by atoms with Crippen molar-refractivity contribution < 1.29 is 39.0 Å². The van der Waals surface area contributed by atoms with E-state index in [9.17, 15) is 0 Å². The van der Waals surface area contributed by atoms with Gasteiger partial charge < -0.3 is 19.9 Å². The molecule has 0 unspecified atom stereocenters. The second kappa shape index (κ2) is 34.5. The summed E-state index contributed by atoms with van der Waals surface area (Å²) in [5.41, 5.74) is 16.6. The predicted molar refractivity (Wildman–Crippen MR) is 322 cm³/mol. The van der Waals surface area contributed by atoms with Gasteiger partial charge in [0.2, 0.25) is 0 Å². The number of nitrogens with zero attached hydrogens (tertiary/aromatic N) is 8. The summed E-state index contributed by atoms with van der Waals surface area (Å²) in [7, 11) is 0. The van der Waals surface area contributed by atoms with Crippen LogP contribution in [0.3, 0.4) is 0 Å². The van der Waals surface area contributed by atoms with Crippen molar-refractivity contribution in [1.82, 2.24) is 19.9 Å². The number of benzene rings is 4. The molecule has 0 atom stereocenters. The smallest absolute Gasteiger partial charge is 0.664 e. The Balaban J connectivity index is 0.000000181. The average Bonchev–Trinajstić information content (AvgIpc) is 4.29. The minimum absolute atomic E-state index is 0. The van der Waals surface area contributed by atoms with Gasteiger partial charge in [0.15, 0.2) is 8.59 Å². The Morgan fingerprint density at radius 3 is 0.615 bits per heavy atom. The molecule has 4 aromatic heterocycles. The molecule has 4 aliphatic rings. The molecule has 0 amide bonds. The van der Waals surface area contributed by atoms with Crippen molar-refractivity contribution in [2.75, 3.05) is 0 Å². The number of rotatable bonds is 8. The van der Waals surface area contributed by atoms with Gasteiger partial charge in [-0.25, -0.2) is 0 Å². The van der Waals surface area contributed by atoms with Crippen LogP contribution < -0.4 is 19.9 Å². The van der Waals surface area contributed by atoms with Gasteiger partial charge in [-0.1, -0.05) is 239 Å². The van der Waals surface area contributed by atoms with Crippen molar-refractivity contribution in [3.05, 3.63) is 311 Å². The molecule has 4 aromatic carbocycles. The van der Waals surface area contributed by atoms with Crippen LogP contribution in [0.5, 0.6) is 0 Å². The summed E-state index contributed by atoms with van der Waals surface area (Å²) in [6.07, 6.45) is 30.3. The quantitative estimate of drug-likeness (QED) is 0.112. The van der Waals surface area contributed by atoms with Crippen LogP contribution in [0.15, 0.2) is 286 Å². The first-order valence-electron chi connectivity index (χ1n) is 23.4. The molecule has 12 rings (SSSR count). The first-order chi connectivity index (χ1) is 37.3. The summed E-state index contributed by atoms with van der Waals surface area (Å²) in [4.78, 5) is 35.0. The molecule has 8 aromatic rings. The number of aromatic nitrogens is 4. The summed E-state index contributed by atoms with van der Waals surface area (Å²) < 4.78 is -1.50. The number of alkyl halides is 6. The topological polar surface area (TPSA) is 106 Å². The third kappa shape index (κ3) is 19.5. The second-order valence-electron chi connectivity index (χ2n) is 15.6. The van der Waals surface area contributed by atoms with E-state index in [4.69, 9.17) is 69.6 Å². The van der Waals surface area contributed by atoms with Crippen LogP contribution >= 0.6 is 69.6 Å². The largest absolute Gasteiger partial charge is 2.00 e. The van der Waals surface area contributed by atoms with Crippen LogP contribution in [0.1, 0.15) is 45.0 Å². The van der Waals surface area contributed by atoms with E-state index in [0.29, 0.717) is 0 Å². The van der Waals surface area contributed by atoms with Crippen molar-refractivity contribution in [3.8, 4) is 0 Å². The third-order valence-corrected chi connectivity index (χ3v) is 10.7. The summed E-state index contributed by atoms with van der Waals surface area (Å²) >= 11 is 28.8. The molecular formula is C62H46Cl6N8Zn2. The molecule has 0 saturated carbocycles. The SMILES string of the molecule is C1=C/C(=C(\c2ccccc2)c2ccc[n-]2)N=C1.C1=C/C(=C(\c2ccccc2)c2ccc[n-]2)N=C1.C1=C/C(=C(\c2ccccc2)c2ccc[n-]2)N=C1.C1=C/C(=C(\c2ccccc2)c2ccc[n-]2)N=C1.ClC(Cl)Cl.ClC(Cl)Cl.[Zn+2].[Zn+2]. The van der Waals surface area contributed by atoms with E-state index < -0.39 is 8.59 Å². The number of hydrogen-bond donors (Lipinski definition) is 0. The van der Waals surface area contributed by atoms with Gasteiger partial charge in [-0.05, 0) is 93.2 Å². The number of allylic oxidation sites excluding steroid dienone is 8.